The van der Waals surface area contributed by atoms with Crippen LogP contribution in [0.3, 0.4) is 0 Å². The number of ether oxygens (including phenoxy) is 1. The summed E-state index contributed by atoms with van der Waals surface area (Å²) in [4.78, 5) is 32.5. The maximum absolute atomic E-state index is 13.6. The van der Waals surface area contributed by atoms with Gasteiger partial charge in [0.2, 0.25) is 11.7 Å². The standard InChI is InChI=1S/C27H26F3N5O4/c1-26(2,3)39-25(37)35-13-11-34(12-14-35)20-10-9-19(15-18(20)16-31)32-23(36)21-22(27(28,29)30)38-24(33-21)17-7-5-4-6-8-17/h4-10,15H,11-14H2,1-3H3,(H,32,36). The fourth-order valence-corrected chi connectivity index (χ4v) is 4.00. The first kappa shape index (κ1) is 27.5. The Morgan fingerprint density at radius 3 is 2.31 bits per heavy atom. The summed E-state index contributed by atoms with van der Waals surface area (Å²) >= 11 is 0. The molecule has 3 aromatic rings. The summed E-state index contributed by atoms with van der Waals surface area (Å²) < 4.78 is 51.2. The maximum atomic E-state index is 13.6. The van der Waals surface area contributed by atoms with Gasteiger partial charge in [-0.3, -0.25) is 4.79 Å². The van der Waals surface area contributed by atoms with E-state index in [1.807, 2.05) is 4.90 Å². The van der Waals surface area contributed by atoms with E-state index in [1.165, 1.54) is 24.3 Å². The molecule has 0 bridgehead atoms. The Labute approximate surface area is 222 Å². The highest BCUT2D eigenvalue weighted by Gasteiger charge is 2.42. The molecule has 1 aliphatic heterocycles. The second kappa shape index (κ2) is 10.7. The SMILES string of the molecule is CC(C)(C)OC(=O)N1CCN(c2ccc(NC(=O)c3nc(-c4ccccc4)oc3C(F)(F)F)cc2C#N)CC1. The molecule has 2 heterocycles. The summed E-state index contributed by atoms with van der Waals surface area (Å²) in [6.07, 6.45) is -5.36. The van der Waals surface area contributed by atoms with E-state index in [2.05, 4.69) is 16.4 Å². The van der Waals surface area contributed by atoms with Gasteiger partial charge in [-0.25, -0.2) is 9.78 Å². The first-order valence-corrected chi connectivity index (χ1v) is 12.1. The number of anilines is 2. The topological polar surface area (TPSA) is 112 Å². The molecule has 2 amide bonds. The molecule has 1 fully saturated rings. The van der Waals surface area contributed by atoms with Gasteiger partial charge in [-0.1, -0.05) is 18.2 Å². The largest absolute Gasteiger partial charge is 0.452 e. The third-order valence-corrected chi connectivity index (χ3v) is 5.77. The van der Waals surface area contributed by atoms with Crippen LogP contribution in [-0.2, 0) is 10.9 Å². The molecule has 0 atom stereocenters. The van der Waals surface area contributed by atoms with Gasteiger partial charge in [-0.2, -0.15) is 18.4 Å². The molecule has 0 spiro atoms. The summed E-state index contributed by atoms with van der Waals surface area (Å²) in [6.45, 7) is 7.01. The van der Waals surface area contributed by atoms with Gasteiger partial charge >= 0.3 is 12.3 Å². The van der Waals surface area contributed by atoms with Crippen LogP contribution in [0.25, 0.3) is 11.5 Å². The fourth-order valence-electron chi connectivity index (χ4n) is 4.00. The highest BCUT2D eigenvalue weighted by Crippen LogP contribution is 2.36. The Balaban J connectivity index is 1.50. The van der Waals surface area contributed by atoms with Crippen molar-refractivity contribution in [1.29, 1.82) is 5.26 Å². The van der Waals surface area contributed by atoms with Crippen molar-refractivity contribution in [1.82, 2.24) is 9.88 Å². The van der Waals surface area contributed by atoms with Crippen LogP contribution in [-0.4, -0.2) is 53.7 Å². The average Bonchev–Trinajstić information content (AvgIpc) is 3.35. The molecule has 1 N–H and O–H groups in total. The minimum atomic E-state index is -4.95. The van der Waals surface area contributed by atoms with Crippen LogP contribution in [0.2, 0.25) is 0 Å². The molecule has 204 valence electrons. The number of aromatic nitrogens is 1. The summed E-state index contributed by atoms with van der Waals surface area (Å²) in [5.74, 6) is -2.98. The number of hydrogen-bond donors (Lipinski definition) is 1. The van der Waals surface area contributed by atoms with E-state index < -0.39 is 35.2 Å². The Morgan fingerprint density at radius 2 is 1.72 bits per heavy atom. The molecule has 9 nitrogen and oxygen atoms in total. The summed E-state index contributed by atoms with van der Waals surface area (Å²) in [5, 5.41) is 12.1. The number of alkyl halides is 3. The van der Waals surface area contributed by atoms with Crippen LogP contribution in [0.15, 0.2) is 52.9 Å². The number of piperazine rings is 1. The molecule has 1 aromatic heterocycles. The third kappa shape index (κ3) is 6.49. The van der Waals surface area contributed by atoms with Crippen molar-refractivity contribution >= 4 is 23.4 Å². The Hall–Kier alpha value is -4.53. The number of hydrogen-bond acceptors (Lipinski definition) is 7. The van der Waals surface area contributed by atoms with Crippen molar-refractivity contribution in [3.63, 3.8) is 0 Å². The number of amides is 2. The number of carbonyl (C=O) groups excluding carboxylic acids is 2. The third-order valence-electron chi connectivity index (χ3n) is 5.77. The number of nitrogens with zero attached hydrogens (tertiary/aromatic N) is 4. The number of halogens is 3. The van der Waals surface area contributed by atoms with Crippen molar-refractivity contribution in [3.05, 3.63) is 65.5 Å². The van der Waals surface area contributed by atoms with Crippen molar-refractivity contribution in [2.45, 2.75) is 32.5 Å². The molecule has 0 saturated carbocycles. The van der Waals surface area contributed by atoms with Crippen LogP contribution in [0, 0.1) is 11.3 Å². The quantitative estimate of drug-likeness (QED) is 0.462. The highest BCUT2D eigenvalue weighted by atomic mass is 19.4. The molecule has 1 saturated heterocycles. The van der Waals surface area contributed by atoms with Gasteiger partial charge in [-0.15, -0.1) is 0 Å². The molecule has 12 heteroatoms. The monoisotopic (exact) mass is 541 g/mol. The lowest BCUT2D eigenvalue weighted by Gasteiger charge is -2.37. The van der Waals surface area contributed by atoms with Crippen LogP contribution >= 0.6 is 0 Å². The predicted molar refractivity (Wildman–Crippen MR) is 136 cm³/mol. The second-order valence-corrected chi connectivity index (χ2v) is 9.81. The second-order valence-electron chi connectivity index (χ2n) is 9.81. The average molecular weight is 542 g/mol. The molecule has 0 radical (unpaired) electrons. The minimum Gasteiger partial charge on any atom is -0.444 e. The maximum Gasteiger partial charge on any atom is 0.452 e. The zero-order valence-electron chi connectivity index (χ0n) is 21.5. The molecule has 39 heavy (non-hydrogen) atoms. The minimum absolute atomic E-state index is 0.116. The summed E-state index contributed by atoms with van der Waals surface area (Å²) in [5.41, 5.74) is -0.349. The predicted octanol–water partition coefficient (Wildman–Crippen LogP) is 5.54. The molecule has 0 aliphatic carbocycles. The van der Waals surface area contributed by atoms with E-state index in [-0.39, 0.29) is 22.7 Å². The first-order chi connectivity index (χ1) is 18.4. The van der Waals surface area contributed by atoms with E-state index in [0.29, 0.717) is 31.9 Å². The number of benzene rings is 2. The van der Waals surface area contributed by atoms with Gasteiger partial charge in [0.15, 0.2) is 5.69 Å². The van der Waals surface area contributed by atoms with Crippen LogP contribution in [0.4, 0.5) is 29.3 Å². The summed E-state index contributed by atoms with van der Waals surface area (Å²) in [7, 11) is 0. The van der Waals surface area contributed by atoms with Crippen LogP contribution in [0.1, 0.15) is 42.6 Å². The van der Waals surface area contributed by atoms with Gasteiger partial charge < -0.3 is 24.3 Å². The number of nitriles is 1. The smallest absolute Gasteiger partial charge is 0.444 e. The molecular formula is C27H26F3N5O4. The lowest BCUT2D eigenvalue weighted by atomic mass is 10.1. The van der Waals surface area contributed by atoms with E-state index in [0.717, 1.165) is 0 Å². The Bertz CT molecular complexity index is 1400. The van der Waals surface area contributed by atoms with E-state index >= 15 is 0 Å². The lowest BCUT2D eigenvalue weighted by Crippen LogP contribution is -2.50. The first-order valence-electron chi connectivity index (χ1n) is 12.1. The van der Waals surface area contributed by atoms with Crippen molar-refractivity contribution in [3.8, 4) is 17.5 Å². The molecule has 4 rings (SSSR count). The van der Waals surface area contributed by atoms with Crippen molar-refractivity contribution < 1.29 is 31.9 Å². The van der Waals surface area contributed by atoms with Crippen LogP contribution in [0.5, 0.6) is 0 Å². The lowest BCUT2D eigenvalue weighted by molar-refractivity contribution is -0.153. The van der Waals surface area contributed by atoms with E-state index in [4.69, 9.17) is 9.15 Å². The normalized spacial score (nSPS) is 14.1. The number of oxazole rings is 1. The van der Waals surface area contributed by atoms with Gasteiger partial charge in [-0.05, 0) is 51.1 Å². The number of nitrogens with one attached hydrogen (secondary N) is 1. The zero-order valence-corrected chi connectivity index (χ0v) is 21.5. The van der Waals surface area contributed by atoms with E-state index in [9.17, 15) is 28.0 Å². The van der Waals surface area contributed by atoms with Gasteiger partial charge in [0, 0.05) is 37.4 Å². The Morgan fingerprint density at radius 1 is 1.05 bits per heavy atom. The molecule has 1 aliphatic rings. The van der Waals surface area contributed by atoms with E-state index in [1.54, 1.807) is 49.9 Å². The fraction of sp³-hybridized carbons (Fsp3) is 0.333. The van der Waals surface area contributed by atoms with Gasteiger partial charge in [0.05, 0.1) is 11.3 Å². The number of carbonyl (C=O) groups is 2. The Kier molecular flexibility index (Phi) is 7.53. The van der Waals surface area contributed by atoms with Gasteiger partial charge in [0.25, 0.3) is 5.91 Å². The zero-order chi connectivity index (χ0) is 28.4. The summed E-state index contributed by atoms with van der Waals surface area (Å²) in [6, 6.07) is 14.4. The van der Waals surface area contributed by atoms with Crippen LogP contribution < -0.4 is 10.2 Å². The highest BCUT2D eigenvalue weighted by molar-refractivity contribution is 6.04. The van der Waals surface area contributed by atoms with Crippen molar-refractivity contribution in [2.24, 2.45) is 0 Å². The van der Waals surface area contributed by atoms with Gasteiger partial charge in [0.1, 0.15) is 11.7 Å². The molecule has 2 aromatic carbocycles. The molecule has 0 unspecified atom stereocenters. The molecular weight excluding hydrogens is 515 g/mol. The van der Waals surface area contributed by atoms with Crippen molar-refractivity contribution in [2.75, 3.05) is 36.4 Å². The number of rotatable bonds is 4.